The van der Waals surface area contributed by atoms with Crippen molar-refractivity contribution in [1.82, 2.24) is 10.2 Å². The van der Waals surface area contributed by atoms with E-state index in [1.54, 1.807) is 31.3 Å². The first-order valence-corrected chi connectivity index (χ1v) is 14.7. The minimum atomic E-state index is -2.50. The molecule has 0 bridgehead atoms. The molecule has 0 unspecified atom stereocenters. The van der Waals surface area contributed by atoms with Gasteiger partial charge in [-0.2, -0.15) is 0 Å². The number of alkyl halides is 2. The predicted octanol–water partition coefficient (Wildman–Crippen LogP) is 6.24. The molecule has 1 saturated heterocycles. The molecule has 0 saturated carbocycles. The summed E-state index contributed by atoms with van der Waals surface area (Å²) in [7, 11) is 3.48. The predicted molar refractivity (Wildman–Crippen MR) is 167 cm³/mol. The summed E-state index contributed by atoms with van der Waals surface area (Å²) in [6.45, 7) is 10.4. The standard InChI is InChI=1S/C14H17F2N3O.C12H14FN.C3H8O.C2H6.CH3NO/c1-10-8-13(20-9-12(15)16)18-19(14(10)17-2)11-6-4-3-5-7-11;13-10-4-3-9-5-7-14-6-1-2-12(14)11(9)8-10;1-3-4-2;1-2;2-1-3/h3-7,12,17H,8-9H2,1-2H3;3-4,8,12H,1-2,5-7H2;3H2,1-2H3;1-2H3;1H,(H2,2,3)/t;12-;;;/m.1.../s1. The van der Waals surface area contributed by atoms with Crippen LogP contribution in [-0.4, -0.2) is 64.1 Å². The highest BCUT2D eigenvalue weighted by molar-refractivity contribution is 5.82. The van der Waals surface area contributed by atoms with Gasteiger partial charge in [0, 0.05) is 33.4 Å². The van der Waals surface area contributed by atoms with E-state index in [0.29, 0.717) is 18.4 Å². The van der Waals surface area contributed by atoms with Crippen molar-refractivity contribution in [2.24, 2.45) is 10.8 Å². The molecule has 0 radical (unpaired) electrons. The lowest BCUT2D eigenvalue weighted by molar-refractivity contribution is -0.106. The highest BCUT2D eigenvalue weighted by Gasteiger charge is 2.31. The number of nitrogens with zero attached hydrogens (tertiary/aromatic N) is 3. The topological polar surface area (TPSA) is 92.4 Å². The molecule has 0 aliphatic carbocycles. The summed E-state index contributed by atoms with van der Waals surface area (Å²) in [5, 5.41) is 9.05. The van der Waals surface area contributed by atoms with E-state index in [1.807, 2.05) is 64.1 Å². The molecule has 3 heterocycles. The van der Waals surface area contributed by atoms with Gasteiger partial charge in [-0.15, -0.1) is 5.10 Å². The van der Waals surface area contributed by atoms with Crippen molar-refractivity contribution in [3.63, 3.8) is 0 Å². The molecule has 3 aliphatic heterocycles. The van der Waals surface area contributed by atoms with E-state index < -0.39 is 13.0 Å². The number of rotatable bonds is 5. The second-order valence-electron chi connectivity index (χ2n) is 9.40. The number of primary amides is 1. The number of para-hydroxylation sites is 1. The van der Waals surface area contributed by atoms with E-state index in [1.165, 1.54) is 30.5 Å². The molecule has 1 fully saturated rings. The number of benzene rings is 2. The van der Waals surface area contributed by atoms with Crippen molar-refractivity contribution in [3.8, 4) is 0 Å². The van der Waals surface area contributed by atoms with E-state index in [2.05, 4.69) is 25.8 Å². The first-order valence-electron chi connectivity index (χ1n) is 14.7. The van der Waals surface area contributed by atoms with Crippen molar-refractivity contribution in [2.45, 2.75) is 65.8 Å². The summed E-state index contributed by atoms with van der Waals surface area (Å²) in [6, 6.07) is 15.3. The Morgan fingerprint density at radius 3 is 2.40 bits per heavy atom. The lowest BCUT2D eigenvalue weighted by atomic mass is 9.93. The van der Waals surface area contributed by atoms with Gasteiger partial charge in [0.25, 0.3) is 6.43 Å². The van der Waals surface area contributed by atoms with Gasteiger partial charge in [0.2, 0.25) is 12.3 Å². The van der Waals surface area contributed by atoms with Crippen LogP contribution < -0.4 is 16.1 Å². The Bertz CT molecular complexity index is 1130. The molecule has 0 aromatic heterocycles. The van der Waals surface area contributed by atoms with E-state index in [-0.39, 0.29) is 12.2 Å². The van der Waals surface area contributed by atoms with Gasteiger partial charge in [-0.05, 0) is 80.6 Å². The molecule has 0 spiro atoms. The summed E-state index contributed by atoms with van der Waals surface area (Å²) in [5.74, 6) is 1.05. The average Bonchev–Trinajstić information content (AvgIpc) is 3.52. The molecule has 8 nitrogen and oxygen atoms in total. The van der Waals surface area contributed by atoms with Crippen LogP contribution in [-0.2, 0) is 20.7 Å². The van der Waals surface area contributed by atoms with Gasteiger partial charge in [-0.3, -0.25) is 9.69 Å². The summed E-state index contributed by atoms with van der Waals surface area (Å²) in [6.07, 6.45) is 1.73. The van der Waals surface area contributed by atoms with Crippen LogP contribution in [0, 0.1) is 5.82 Å². The second-order valence-corrected chi connectivity index (χ2v) is 9.40. The Morgan fingerprint density at radius 2 is 1.81 bits per heavy atom. The third kappa shape index (κ3) is 12.3. The van der Waals surface area contributed by atoms with Gasteiger partial charge in [0.1, 0.15) is 11.6 Å². The van der Waals surface area contributed by atoms with Gasteiger partial charge in [0.15, 0.2) is 6.61 Å². The van der Waals surface area contributed by atoms with E-state index in [0.717, 1.165) is 36.7 Å². The molecule has 2 aromatic rings. The number of carbonyl (C=O) groups is 1. The molecule has 240 valence electrons. The molecule has 3 aliphatic rings. The van der Waals surface area contributed by atoms with Crippen LogP contribution in [0.4, 0.5) is 18.9 Å². The first-order chi connectivity index (χ1) is 20.8. The molecule has 11 heteroatoms. The fourth-order valence-electron chi connectivity index (χ4n) is 4.82. The van der Waals surface area contributed by atoms with E-state index in [9.17, 15) is 13.2 Å². The SMILES string of the molecule is CC.CCOC.CNC1=C(C)CC(OCC(F)F)=NN1c1ccccc1.Fc1ccc2c(c1)[C@H]1CCCN1CC2.NC=O. The Labute approximate surface area is 254 Å². The molecule has 43 heavy (non-hydrogen) atoms. The maximum atomic E-state index is 13.1. The summed E-state index contributed by atoms with van der Waals surface area (Å²) >= 11 is 0. The van der Waals surface area contributed by atoms with Crippen LogP contribution in [0.1, 0.15) is 64.1 Å². The molecule has 5 rings (SSSR count). The first kappa shape index (κ1) is 37.5. The van der Waals surface area contributed by atoms with Gasteiger partial charge in [-0.1, -0.05) is 38.1 Å². The number of carbonyl (C=O) groups excluding carboxylic acids is 1. The maximum absolute atomic E-state index is 13.1. The normalized spacial score (nSPS) is 16.7. The van der Waals surface area contributed by atoms with Crippen molar-refractivity contribution in [1.29, 1.82) is 0 Å². The number of halogens is 3. The zero-order chi connectivity index (χ0) is 32.2. The van der Waals surface area contributed by atoms with Crippen LogP contribution in [0.15, 0.2) is 65.0 Å². The largest absolute Gasteiger partial charge is 0.473 e. The molecular weight excluding hydrogens is 559 g/mol. The molecule has 1 atom stereocenters. The van der Waals surface area contributed by atoms with Crippen LogP contribution in [0.5, 0.6) is 0 Å². The average molecular weight is 608 g/mol. The Kier molecular flexibility index (Phi) is 18.4. The minimum Gasteiger partial charge on any atom is -0.473 e. The smallest absolute Gasteiger partial charge is 0.272 e. The number of methoxy groups -OCH3 is 1. The summed E-state index contributed by atoms with van der Waals surface area (Å²) < 4.78 is 47.2. The van der Waals surface area contributed by atoms with Crippen LogP contribution in [0.3, 0.4) is 0 Å². The van der Waals surface area contributed by atoms with Crippen molar-refractivity contribution >= 4 is 18.0 Å². The van der Waals surface area contributed by atoms with Crippen molar-refractivity contribution in [3.05, 3.63) is 76.9 Å². The third-order valence-electron chi connectivity index (χ3n) is 6.65. The van der Waals surface area contributed by atoms with Gasteiger partial charge in [-0.25, -0.2) is 18.2 Å². The van der Waals surface area contributed by atoms with Crippen molar-refractivity contribution in [2.75, 3.05) is 45.5 Å². The third-order valence-corrected chi connectivity index (χ3v) is 6.65. The molecule has 1 amide bonds. The summed E-state index contributed by atoms with van der Waals surface area (Å²) in [4.78, 5) is 11.1. The lowest BCUT2D eigenvalue weighted by Gasteiger charge is -2.31. The van der Waals surface area contributed by atoms with Gasteiger partial charge >= 0.3 is 0 Å². The number of amides is 1. The highest BCUT2D eigenvalue weighted by Crippen LogP contribution is 2.37. The number of ether oxygens (including phenoxy) is 2. The zero-order valence-corrected chi connectivity index (χ0v) is 26.3. The quantitative estimate of drug-likeness (QED) is 0.391. The Hall–Kier alpha value is -3.57. The number of nitrogens with two attached hydrogens (primary N) is 1. The molecular formula is C32H48F3N5O3. The van der Waals surface area contributed by atoms with Crippen molar-refractivity contribution < 1.29 is 27.4 Å². The Balaban J connectivity index is 0.000000347. The fraction of sp³-hybridized carbons (Fsp3) is 0.500. The van der Waals surface area contributed by atoms with Gasteiger partial charge in [0.05, 0.1) is 12.1 Å². The number of nitrogens with one attached hydrogen (secondary N) is 1. The maximum Gasteiger partial charge on any atom is 0.272 e. The molecule has 2 aromatic carbocycles. The van der Waals surface area contributed by atoms with Crippen LogP contribution in [0.25, 0.3) is 0 Å². The van der Waals surface area contributed by atoms with E-state index >= 15 is 0 Å². The number of fused-ring (bicyclic) bond motifs is 3. The fourth-order valence-corrected chi connectivity index (χ4v) is 4.82. The van der Waals surface area contributed by atoms with Gasteiger partial charge < -0.3 is 20.5 Å². The number of hydrazone groups is 1. The zero-order valence-electron chi connectivity index (χ0n) is 26.3. The summed E-state index contributed by atoms with van der Waals surface area (Å²) in [5.41, 5.74) is 8.59. The van der Waals surface area contributed by atoms with E-state index in [4.69, 9.17) is 9.53 Å². The number of anilines is 1. The molecule has 3 N–H and O–H groups in total. The number of hydrogen-bond donors (Lipinski definition) is 2. The number of hydrogen-bond acceptors (Lipinski definition) is 7. The van der Waals surface area contributed by atoms with Crippen LogP contribution in [0.2, 0.25) is 0 Å². The highest BCUT2D eigenvalue weighted by atomic mass is 19.3. The van der Waals surface area contributed by atoms with Crippen LogP contribution >= 0.6 is 0 Å². The monoisotopic (exact) mass is 607 g/mol. The lowest BCUT2D eigenvalue weighted by Crippen LogP contribution is -2.32. The second kappa shape index (κ2) is 21.2. The minimum absolute atomic E-state index is 0.0856. The Morgan fingerprint density at radius 1 is 1.16 bits per heavy atom.